The van der Waals surface area contributed by atoms with E-state index < -0.39 is 5.97 Å². The van der Waals surface area contributed by atoms with Crippen molar-refractivity contribution < 1.29 is 14.6 Å². The van der Waals surface area contributed by atoms with Crippen molar-refractivity contribution in [1.82, 2.24) is 4.90 Å². The molecule has 0 aliphatic carbocycles. The highest BCUT2D eigenvalue weighted by atomic mass is 16.5. The van der Waals surface area contributed by atoms with Crippen LogP contribution in [0.3, 0.4) is 0 Å². The molecule has 1 aromatic carbocycles. The second-order valence-electron chi connectivity index (χ2n) is 4.61. The zero-order chi connectivity index (χ0) is 13.0. The molecule has 0 saturated carbocycles. The summed E-state index contributed by atoms with van der Waals surface area (Å²) in [4.78, 5) is 13.3. The maximum atomic E-state index is 10.9. The second-order valence-corrected chi connectivity index (χ2v) is 4.61. The number of hydrogen-bond acceptors (Lipinski definition) is 3. The summed E-state index contributed by atoms with van der Waals surface area (Å²) in [6.45, 7) is 5.39. The van der Waals surface area contributed by atoms with Crippen LogP contribution < -0.4 is 0 Å². The summed E-state index contributed by atoms with van der Waals surface area (Å²) < 4.78 is 5.47. The van der Waals surface area contributed by atoms with Crippen molar-refractivity contribution in [2.75, 3.05) is 19.8 Å². The molecule has 1 saturated heterocycles. The largest absolute Gasteiger partial charge is 0.478 e. The fourth-order valence-corrected chi connectivity index (χ4v) is 2.31. The Balaban J connectivity index is 2.07. The number of hydrogen-bond donors (Lipinski definition) is 1. The molecule has 0 aromatic heterocycles. The lowest BCUT2D eigenvalue weighted by Crippen LogP contribution is -2.44. The number of ether oxygens (including phenoxy) is 1. The molecule has 0 spiro atoms. The quantitative estimate of drug-likeness (QED) is 0.886. The van der Waals surface area contributed by atoms with Gasteiger partial charge < -0.3 is 9.84 Å². The molecular weight excluding hydrogens is 230 g/mol. The van der Waals surface area contributed by atoms with Gasteiger partial charge in [0, 0.05) is 19.1 Å². The number of carboxylic acid groups (broad SMARTS) is 1. The van der Waals surface area contributed by atoms with Crippen molar-refractivity contribution in [3.63, 3.8) is 0 Å². The van der Waals surface area contributed by atoms with E-state index in [9.17, 15) is 4.79 Å². The summed E-state index contributed by atoms with van der Waals surface area (Å²) in [7, 11) is 0. The highest BCUT2D eigenvalue weighted by Crippen LogP contribution is 2.15. The van der Waals surface area contributed by atoms with Crippen molar-refractivity contribution in [1.29, 1.82) is 0 Å². The van der Waals surface area contributed by atoms with Crippen LogP contribution in [-0.4, -0.2) is 41.8 Å². The molecule has 1 unspecified atom stereocenters. The second kappa shape index (κ2) is 5.98. The van der Waals surface area contributed by atoms with Crippen LogP contribution in [0.15, 0.2) is 24.3 Å². The van der Waals surface area contributed by atoms with Gasteiger partial charge in [-0.2, -0.15) is 0 Å². The van der Waals surface area contributed by atoms with E-state index in [1.165, 1.54) is 0 Å². The smallest absolute Gasteiger partial charge is 0.335 e. The van der Waals surface area contributed by atoms with Crippen molar-refractivity contribution in [3.05, 3.63) is 35.4 Å². The number of aromatic carboxylic acids is 1. The fraction of sp³-hybridized carbons (Fsp3) is 0.500. The minimum Gasteiger partial charge on any atom is -0.478 e. The molecule has 4 heteroatoms. The van der Waals surface area contributed by atoms with Gasteiger partial charge in [0.25, 0.3) is 0 Å². The van der Waals surface area contributed by atoms with Gasteiger partial charge in [-0.3, -0.25) is 4.90 Å². The zero-order valence-corrected chi connectivity index (χ0v) is 10.6. The summed E-state index contributed by atoms with van der Waals surface area (Å²) in [6, 6.07) is 7.61. The van der Waals surface area contributed by atoms with Gasteiger partial charge in [-0.05, 0) is 24.1 Å². The molecule has 4 nitrogen and oxygen atoms in total. The normalized spacial score (nSPS) is 20.8. The standard InChI is InChI=1S/C14H19NO3/c1-2-13-10-18-7-6-15(13)9-11-4-3-5-12(8-11)14(16)17/h3-5,8,13H,2,6-7,9-10H2,1H3,(H,16,17). The highest BCUT2D eigenvalue weighted by Gasteiger charge is 2.21. The molecule has 98 valence electrons. The number of carboxylic acids is 1. The van der Waals surface area contributed by atoms with Gasteiger partial charge in [-0.15, -0.1) is 0 Å². The van der Waals surface area contributed by atoms with E-state index in [1.807, 2.05) is 6.07 Å². The molecule has 1 aliphatic heterocycles. The number of morpholine rings is 1. The third kappa shape index (κ3) is 3.09. The fourth-order valence-electron chi connectivity index (χ4n) is 2.31. The van der Waals surface area contributed by atoms with Crippen LogP contribution in [0.5, 0.6) is 0 Å². The van der Waals surface area contributed by atoms with E-state index in [0.29, 0.717) is 11.6 Å². The predicted octanol–water partition coefficient (Wildman–Crippen LogP) is 2.00. The molecule has 1 N–H and O–H groups in total. The van der Waals surface area contributed by atoms with Gasteiger partial charge in [0.05, 0.1) is 18.8 Å². The van der Waals surface area contributed by atoms with E-state index in [2.05, 4.69) is 11.8 Å². The zero-order valence-electron chi connectivity index (χ0n) is 10.6. The molecule has 1 aliphatic rings. The van der Waals surface area contributed by atoms with Crippen LogP contribution >= 0.6 is 0 Å². The lowest BCUT2D eigenvalue weighted by atomic mass is 10.1. The Morgan fingerprint density at radius 3 is 3.11 bits per heavy atom. The Kier molecular flexibility index (Phi) is 4.33. The first-order valence-corrected chi connectivity index (χ1v) is 6.34. The summed E-state index contributed by atoms with van der Waals surface area (Å²) >= 11 is 0. The molecule has 18 heavy (non-hydrogen) atoms. The third-order valence-corrected chi connectivity index (χ3v) is 3.38. The Labute approximate surface area is 107 Å². The van der Waals surface area contributed by atoms with Gasteiger partial charge in [-0.1, -0.05) is 19.1 Å². The lowest BCUT2D eigenvalue weighted by Gasteiger charge is -2.35. The maximum Gasteiger partial charge on any atom is 0.335 e. The summed E-state index contributed by atoms with van der Waals surface area (Å²) in [6.07, 6.45) is 1.05. The molecule has 0 bridgehead atoms. The number of nitrogens with zero attached hydrogens (tertiary/aromatic N) is 1. The van der Waals surface area contributed by atoms with Crippen molar-refractivity contribution in [2.24, 2.45) is 0 Å². The molecule has 0 amide bonds. The number of carbonyl (C=O) groups is 1. The Morgan fingerprint density at radius 1 is 1.56 bits per heavy atom. The first-order valence-electron chi connectivity index (χ1n) is 6.34. The Bertz CT molecular complexity index is 419. The van der Waals surface area contributed by atoms with Gasteiger partial charge in [-0.25, -0.2) is 4.79 Å². The minimum absolute atomic E-state index is 0.355. The minimum atomic E-state index is -0.870. The summed E-state index contributed by atoms with van der Waals surface area (Å²) in [5, 5.41) is 8.98. The van der Waals surface area contributed by atoms with Gasteiger partial charge >= 0.3 is 5.97 Å². The van der Waals surface area contributed by atoms with E-state index in [-0.39, 0.29) is 0 Å². The van der Waals surface area contributed by atoms with Crippen LogP contribution in [0.25, 0.3) is 0 Å². The average Bonchev–Trinajstić information content (AvgIpc) is 2.39. The van der Waals surface area contributed by atoms with E-state index in [1.54, 1.807) is 18.2 Å². The Hall–Kier alpha value is -1.39. The monoisotopic (exact) mass is 249 g/mol. The maximum absolute atomic E-state index is 10.9. The SMILES string of the molecule is CCC1COCCN1Cc1cccc(C(=O)O)c1. The van der Waals surface area contributed by atoms with Crippen molar-refractivity contribution in [3.8, 4) is 0 Å². The van der Waals surface area contributed by atoms with E-state index >= 15 is 0 Å². The molecule has 1 heterocycles. The summed E-state index contributed by atoms with van der Waals surface area (Å²) in [5.41, 5.74) is 1.41. The lowest BCUT2D eigenvalue weighted by molar-refractivity contribution is -0.0127. The van der Waals surface area contributed by atoms with Crippen molar-refractivity contribution in [2.45, 2.75) is 25.9 Å². The average molecular weight is 249 g/mol. The van der Waals surface area contributed by atoms with Crippen LogP contribution in [0, 0.1) is 0 Å². The first-order chi connectivity index (χ1) is 8.70. The molecular formula is C14H19NO3. The van der Waals surface area contributed by atoms with Gasteiger partial charge in [0.15, 0.2) is 0 Å². The highest BCUT2D eigenvalue weighted by molar-refractivity contribution is 5.87. The predicted molar refractivity (Wildman–Crippen MR) is 68.7 cm³/mol. The van der Waals surface area contributed by atoms with Crippen LogP contribution in [-0.2, 0) is 11.3 Å². The van der Waals surface area contributed by atoms with Crippen LogP contribution in [0.2, 0.25) is 0 Å². The number of benzene rings is 1. The van der Waals surface area contributed by atoms with Crippen LogP contribution in [0.4, 0.5) is 0 Å². The van der Waals surface area contributed by atoms with Gasteiger partial charge in [0.2, 0.25) is 0 Å². The Morgan fingerprint density at radius 2 is 2.39 bits per heavy atom. The van der Waals surface area contributed by atoms with E-state index in [0.717, 1.165) is 38.3 Å². The molecule has 1 aromatic rings. The molecule has 1 atom stereocenters. The summed E-state index contributed by atoms with van der Waals surface area (Å²) in [5.74, 6) is -0.870. The molecule has 2 rings (SSSR count). The van der Waals surface area contributed by atoms with E-state index in [4.69, 9.17) is 9.84 Å². The first kappa shape index (κ1) is 13.1. The topological polar surface area (TPSA) is 49.8 Å². The van der Waals surface area contributed by atoms with Gasteiger partial charge in [0.1, 0.15) is 0 Å². The molecule has 1 fully saturated rings. The molecule has 0 radical (unpaired) electrons. The van der Waals surface area contributed by atoms with Crippen LogP contribution in [0.1, 0.15) is 29.3 Å². The third-order valence-electron chi connectivity index (χ3n) is 3.38. The van der Waals surface area contributed by atoms with Crippen molar-refractivity contribution >= 4 is 5.97 Å². The number of rotatable bonds is 4.